The van der Waals surface area contributed by atoms with Gasteiger partial charge in [0.05, 0.1) is 36.8 Å². The molecule has 1 heterocycles. The van der Waals surface area contributed by atoms with Crippen LogP contribution in [0.4, 0.5) is 23.0 Å². The molecule has 0 aliphatic carbocycles. The van der Waals surface area contributed by atoms with Crippen LogP contribution in [-0.2, 0) is 26.3 Å². The van der Waals surface area contributed by atoms with Crippen molar-refractivity contribution in [2.45, 2.75) is 11.5 Å². The Balaban J connectivity index is 1.32. The molecule has 0 fully saturated rings. The largest absolute Gasteiger partial charge is 0.497 e. The summed E-state index contributed by atoms with van der Waals surface area (Å²) in [5.74, 6) is 0.772. The summed E-state index contributed by atoms with van der Waals surface area (Å²) < 4.78 is 40.3. The number of nitrogens with one attached hydrogen (secondary N) is 4. The maximum Gasteiger partial charge on any atom is 0.263 e. The number of hydrogen-bond donors (Lipinski definition) is 4. The van der Waals surface area contributed by atoms with Crippen molar-refractivity contribution in [2.75, 3.05) is 36.1 Å². The molecule has 5 aromatic rings. The molecule has 12 nitrogen and oxygen atoms in total. The lowest BCUT2D eigenvalue weighted by Gasteiger charge is -2.15. The first kappa shape index (κ1) is 30.2. The highest BCUT2D eigenvalue weighted by Crippen LogP contribution is 2.31. The number of sulfonamides is 1. The van der Waals surface area contributed by atoms with E-state index in [1.54, 1.807) is 42.5 Å². The zero-order valence-corrected chi connectivity index (χ0v) is 24.7. The van der Waals surface area contributed by atoms with Gasteiger partial charge in [0.15, 0.2) is 11.6 Å². The van der Waals surface area contributed by atoms with Gasteiger partial charge in [-0.05, 0) is 35.9 Å². The van der Waals surface area contributed by atoms with Crippen molar-refractivity contribution in [3.63, 3.8) is 0 Å². The van der Waals surface area contributed by atoms with E-state index < -0.39 is 15.9 Å². The number of aromatic nitrogens is 2. The van der Waals surface area contributed by atoms with Crippen LogP contribution >= 0.6 is 0 Å². The minimum Gasteiger partial charge on any atom is -0.497 e. The van der Waals surface area contributed by atoms with E-state index in [9.17, 15) is 13.2 Å². The molecule has 1 amide bonds. The molecule has 0 saturated heterocycles. The van der Waals surface area contributed by atoms with Crippen LogP contribution in [0.25, 0.3) is 11.0 Å². The number of ether oxygens (including phenoxy) is 2. The Morgan fingerprint density at radius 2 is 1.41 bits per heavy atom. The van der Waals surface area contributed by atoms with E-state index in [2.05, 4.69) is 30.8 Å². The number of carbonyl (C=O) groups is 1. The first-order valence-corrected chi connectivity index (χ1v) is 14.9. The van der Waals surface area contributed by atoms with Crippen molar-refractivity contribution in [1.29, 1.82) is 0 Å². The summed E-state index contributed by atoms with van der Waals surface area (Å²) in [7, 11) is -1.11. The minimum absolute atomic E-state index is 0.0281. The lowest BCUT2D eigenvalue weighted by molar-refractivity contribution is -0.118. The first-order chi connectivity index (χ1) is 21.3. The van der Waals surface area contributed by atoms with Crippen LogP contribution in [-0.4, -0.2) is 45.1 Å². The van der Waals surface area contributed by atoms with E-state index in [0.29, 0.717) is 28.2 Å². The van der Waals surface area contributed by atoms with Gasteiger partial charge in [0.25, 0.3) is 10.0 Å². The Labute approximate surface area is 254 Å². The molecule has 4 N–H and O–H groups in total. The molecule has 13 heteroatoms. The quantitative estimate of drug-likeness (QED) is 0.107. The van der Waals surface area contributed by atoms with E-state index in [1.807, 2.05) is 36.4 Å². The second-order valence-corrected chi connectivity index (χ2v) is 11.1. The third-order valence-corrected chi connectivity index (χ3v) is 7.60. The van der Waals surface area contributed by atoms with E-state index in [4.69, 9.17) is 14.3 Å². The van der Waals surface area contributed by atoms with Gasteiger partial charge in [-0.3, -0.25) is 14.4 Å². The van der Waals surface area contributed by atoms with E-state index in [1.165, 1.54) is 32.4 Å². The molecule has 44 heavy (non-hydrogen) atoms. The first-order valence-electron chi connectivity index (χ1n) is 13.4. The van der Waals surface area contributed by atoms with Crippen molar-refractivity contribution < 1.29 is 27.5 Å². The summed E-state index contributed by atoms with van der Waals surface area (Å²) in [6, 6.07) is 27.6. The van der Waals surface area contributed by atoms with Crippen LogP contribution in [0.2, 0.25) is 0 Å². The maximum absolute atomic E-state index is 13.5. The number of hydrogen-bond acceptors (Lipinski definition) is 10. The lowest BCUT2D eigenvalue weighted by atomic mass is 10.2. The number of anilines is 4. The number of methoxy groups -OCH3 is 2. The number of rotatable bonds is 13. The van der Waals surface area contributed by atoms with Gasteiger partial charge in [-0.2, -0.15) is 5.48 Å². The fraction of sp³-hybridized carbons (Fsp3) is 0.129. The summed E-state index contributed by atoms with van der Waals surface area (Å²) in [6.07, 6.45) is 0. The molecule has 0 spiro atoms. The van der Waals surface area contributed by atoms with Crippen molar-refractivity contribution in [3.05, 3.63) is 103 Å². The smallest absolute Gasteiger partial charge is 0.263 e. The van der Waals surface area contributed by atoms with Crippen LogP contribution in [0.3, 0.4) is 0 Å². The van der Waals surface area contributed by atoms with Crippen LogP contribution in [0.1, 0.15) is 5.56 Å². The fourth-order valence-corrected chi connectivity index (χ4v) is 5.19. The van der Waals surface area contributed by atoms with Gasteiger partial charge in [0, 0.05) is 29.6 Å². The summed E-state index contributed by atoms with van der Waals surface area (Å²) in [4.78, 5) is 26.8. The maximum atomic E-state index is 13.5. The molecular formula is C31H30N6O6S. The molecule has 0 saturated carbocycles. The van der Waals surface area contributed by atoms with Crippen LogP contribution in [0.5, 0.6) is 11.5 Å². The average molecular weight is 615 g/mol. The predicted molar refractivity (Wildman–Crippen MR) is 167 cm³/mol. The summed E-state index contributed by atoms with van der Waals surface area (Å²) in [5, 5.41) is 5.79. The molecule has 0 aliphatic rings. The predicted octanol–water partition coefficient (Wildman–Crippen LogP) is 4.85. The SMILES string of the molecule is COc1cc(Nc2nc3ccccc3nc2NS(=O)(=O)c2cccc(NC(=O)CNOCc3ccccc3)c2)cc(OC)c1. The number of hydroxylamine groups is 1. The Hall–Kier alpha value is -5.24. The Kier molecular flexibility index (Phi) is 9.49. The van der Waals surface area contributed by atoms with Gasteiger partial charge in [-0.15, -0.1) is 0 Å². The van der Waals surface area contributed by atoms with Crippen LogP contribution in [0.15, 0.2) is 102 Å². The summed E-state index contributed by atoms with van der Waals surface area (Å²) >= 11 is 0. The Bertz CT molecular complexity index is 1850. The highest BCUT2D eigenvalue weighted by molar-refractivity contribution is 7.92. The van der Waals surface area contributed by atoms with Crippen LogP contribution < -0.4 is 30.3 Å². The lowest BCUT2D eigenvalue weighted by Crippen LogP contribution is -2.28. The molecular weight excluding hydrogens is 584 g/mol. The monoisotopic (exact) mass is 614 g/mol. The van der Waals surface area contributed by atoms with Crippen molar-refractivity contribution in [1.82, 2.24) is 15.4 Å². The minimum atomic E-state index is -4.17. The molecule has 4 aromatic carbocycles. The number of para-hydroxylation sites is 2. The summed E-state index contributed by atoms with van der Waals surface area (Å²) in [5.41, 5.74) is 5.42. The molecule has 226 valence electrons. The standard InChI is InChI=1S/C31H30N6O6S/c1-41-24-15-23(16-25(18-24)42-2)34-30-31(36-28-14-7-6-13-27(28)35-30)37-44(39,40)26-12-8-11-22(17-26)33-29(38)19-32-43-20-21-9-4-3-5-10-21/h3-18,32H,19-20H2,1-2H3,(H,33,38)(H,34,35)(H,36,37). The van der Waals surface area contributed by atoms with Gasteiger partial charge in [-0.25, -0.2) is 18.4 Å². The molecule has 0 radical (unpaired) electrons. The second kappa shape index (κ2) is 13.8. The third-order valence-electron chi connectivity index (χ3n) is 6.26. The number of amides is 1. The van der Waals surface area contributed by atoms with E-state index >= 15 is 0 Å². The van der Waals surface area contributed by atoms with Gasteiger partial charge in [0.2, 0.25) is 5.91 Å². The molecule has 0 atom stereocenters. The summed E-state index contributed by atoms with van der Waals surface area (Å²) in [6.45, 7) is 0.145. The van der Waals surface area contributed by atoms with Gasteiger partial charge in [0.1, 0.15) is 18.0 Å². The van der Waals surface area contributed by atoms with Gasteiger partial charge in [-0.1, -0.05) is 48.5 Å². The fourth-order valence-electron chi connectivity index (χ4n) is 4.13. The zero-order chi connectivity index (χ0) is 30.9. The van der Waals surface area contributed by atoms with E-state index in [-0.39, 0.29) is 35.4 Å². The number of benzene rings is 4. The Morgan fingerprint density at radius 3 is 2.09 bits per heavy atom. The molecule has 0 bridgehead atoms. The van der Waals surface area contributed by atoms with Gasteiger partial charge >= 0.3 is 0 Å². The number of carbonyl (C=O) groups excluding carboxylic acids is 1. The van der Waals surface area contributed by atoms with Gasteiger partial charge < -0.3 is 20.1 Å². The Morgan fingerprint density at radius 1 is 0.750 bits per heavy atom. The molecule has 0 unspecified atom stereocenters. The average Bonchev–Trinajstić information content (AvgIpc) is 3.03. The molecule has 0 aliphatic heterocycles. The van der Waals surface area contributed by atoms with Crippen molar-refractivity contribution in [3.8, 4) is 11.5 Å². The highest BCUT2D eigenvalue weighted by atomic mass is 32.2. The van der Waals surface area contributed by atoms with Crippen molar-refractivity contribution in [2.24, 2.45) is 0 Å². The number of fused-ring (bicyclic) bond motifs is 1. The molecule has 5 rings (SSSR count). The van der Waals surface area contributed by atoms with Crippen LogP contribution in [0, 0.1) is 0 Å². The topological polar surface area (TPSA) is 153 Å². The van der Waals surface area contributed by atoms with Crippen molar-refractivity contribution >= 4 is 50.0 Å². The van der Waals surface area contributed by atoms with E-state index in [0.717, 1.165) is 5.56 Å². The normalized spacial score (nSPS) is 11.1. The molecule has 1 aromatic heterocycles. The highest BCUT2D eigenvalue weighted by Gasteiger charge is 2.20. The number of nitrogens with zero attached hydrogens (tertiary/aromatic N) is 2. The second-order valence-electron chi connectivity index (χ2n) is 9.41. The zero-order valence-electron chi connectivity index (χ0n) is 23.9. The third kappa shape index (κ3) is 7.77.